The fourth-order valence-electron chi connectivity index (χ4n) is 3.54. The van der Waals surface area contributed by atoms with Crippen molar-refractivity contribution in [3.63, 3.8) is 0 Å². The van der Waals surface area contributed by atoms with Gasteiger partial charge in [0.1, 0.15) is 12.2 Å². The highest BCUT2D eigenvalue weighted by Gasteiger charge is 2.47. The van der Waals surface area contributed by atoms with Crippen LogP contribution in [-0.2, 0) is 19.0 Å². The van der Waals surface area contributed by atoms with Crippen LogP contribution in [0.25, 0.3) is 0 Å². The highest BCUT2D eigenvalue weighted by Crippen LogP contribution is 2.35. The molecule has 0 aromatic carbocycles. The average Bonchev–Trinajstić information content (AvgIpc) is 2.85. The Labute approximate surface area is 122 Å². The van der Waals surface area contributed by atoms with Gasteiger partial charge < -0.3 is 29.5 Å². The first-order valence-electron chi connectivity index (χ1n) is 7.55. The molecule has 6 unspecified atom stereocenters. The number of fused-ring (bicyclic) bond motifs is 1. The average molecular weight is 302 g/mol. The summed E-state index contributed by atoms with van der Waals surface area (Å²) < 4.78 is 17.1. The van der Waals surface area contributed by atoms with Crippen molar-refractivity contribution < 1.29 is 34.3 Å². The van der Waals surface area contributed by atoms with Crippen LogP contribution >= 0.6 is 0 Å². The molecule has 0 amide bonds. The zero-order chi connectivity index (χ0) is 15.0. The molecular weight excluding hydrogens is 280 g/mol. The third-order valence-electron chi connectivity index (χ3n) is 4.56. The van der Waals surface area contributed by atoms with Gasteiger partial charge in [-0.2, -0.15) is 0 Å². The number of hydrogen-bond donors (Lipinski definition) is 3. The summed E-state index contributed by atoms with van der Waals surface area (Å²) in [7, 11) is 0. The third kappa shape index (κ3) is 3.22. The summed E-state index contributed by atoms with van der Waals surface area (Å²) in [6.07, 6.45) is -0.997. The molecule has 0 spiro atoms. The number of aliphatic hydroxyl groups is 2. The molecule has 3 aliphatic rings. The summed E-state index contributed by atoms with van der Waals surface area (Å²) in [5.74, 6) is -0.898. The van der Waals surface area contributed by atoms with E-state index in [1.807, 2.05) is 0 Å². The summed E-state index contributed by atoms with van der Waals surface area (Å²) in [4.78, 5) is 10.8. The Hall–Kier alpha value is -0.730. The second-order valence-corrected chi connectivity index (χ2v) is 6.11. The molecule has 0 aromatic heterocycles. The maximum absolute atomic E-state index is 10.8. The number of carboxylic acid groups (broad SMARTS) is 1. The monoisotopic (exact) mass is 302 g/mol. The van der Waals surface area contributed by atoms with Gasteiger partial charge in [0.25, 0.3) is 0 Å². The van der Waals surface area contributed by atoms with Gasteiger partial charge in [0, 0.05) is 13.0 Å². The Balaban J connectivity index is 1.61. The van der Waals surface area contributed by atoms with Gasteiger partial charge in [0.05, 0.1) is 36.9 Å². The van der Waals surface area contributed by atoms with Crippen molar-refractivity contribution in [1.29, 1.82) is 0 Å². The number of carboxylic acids is 1. The molecule has 3 rings (SSSR count). The minimum absolute atomic E-state index is 0.0518. The van der Waals surface area contributed by atoms with Crippen molar-refractivity contribution in [1.82, 2.24) is 0 Å². The Morgan fingerprint density at radius 3 is 2.48 bits per heavy atom. The van der Waals surface area contributed by atoms with E-state index in [4.69, 9.17) is 19.3 Å². The fraction of sp³-hybridized carbons (Fsp3) is 0.929. The number of ether oxygens (including phenoxy) is 3. The molecule has 21 heavy (non-hydrogen) atoms. The van der Waals surface area contributed by atoms with Crippen LogP contribution in [0.2, 0.25) is 0 Å². The predicted molar refractivity (Wildman–Crippen MR) is 69.8 cm³/mol. The summed E-state index contributed by atoms with van der Waals surface area (Å²) in [6.45, 7) is 0.507. The first-order valence-corrected chi connectivity index (χ1v) is 7.55. The lowest BCUT2D eigenvalue weighted by Crippen LogP contribution is -2.57. The number of rotatable bonds is 3. The highest BCUT2D eigenvalue weighted by molar-refractivity contribution is 5.67. The number of carbonyl (C=O) groups is 1. The van der Waals surface area contributed by atoms with Crippen LogP contribution in [0.15, 0.2) is 0 Å². The topological polar surface area (TPSA) is 105 Å². The molecule has 3 fully saturated rings. The lowest BCUT2D eigenvalue weighted by molar-refractivity contribution is -0.246. The van der Waals surface area contributed by atoms with Crippen molar-refractivity contribution in [2.24, 2.45) is 0 Å². The van der Waals surface area contributed by atoms with Gasteiger partial charge in [-0.3, -0.25) is 4.79 Å². The second-order valence-electron chi connectivity index (χ2n) is 6.11. The molecule has 7 heteroatoms. The second kappa shape index (κ2) is 6.18. The molecule has 3 saturated heterocycles. The molecule has 7 atom stereocenters. The lowest BCUT2D eigenvalue weighted by atomic mass is 9.88. The first-order chi connectivity index (χ1) is 10.0. The highest BCUT2D eigenvalue weighted by atomic mass is 16.6. The van der Waals surface area contributed by atoms with Gasteiger partial charge in [0.15, 0.2) is 0 Å². The summed E-state index contributed by atoms with van der Waals surface area (Å²) >= 11 is 0. The SMILES string of the molecule is O=C(O)C[C@H]1CCC2OC(C3OCCC3O)CC(O)C2O1. The number of hydrogen-bond acceptors (Lipinski definition) is 6. The van der Waals surface area contributed by atoms with Crippen LogP contribution < -0.4 is 0 Å². The molecule has 3 aliphatic heterocycles. The maximum Gasteiger partial charge on any atom is 0.305 e. The van der Waals surface area contributed by atoms with Crippen LogP contribution in [0, 0.1) is 0 Å². The van der Waals surface area contributed by atoms with Gasteiger partial charge in [-0.05, 0) is 19.3 Å². The predicted octanol–water partition coefficient (Wildman–Crippen LogP) is -0.323. The van der Waals surface area contributed by atoms with E-state index in [0.717, 1.165) is 0 Å². The smallest absolute Gasteiger partial charge is 0.305 e. The van der Waals surface area contributed by atoms with Gasteiger partial charge >= 0.3 is 5.97 Å². The Morgan fingerprint density at radius 1 is 1.00 bits per heavy atom. The van der Waals surface area contributed by atoms with Gasteiger partial charge in [-0.1, -0.05) is 0 Å². The molecule has 0 saturated carbocycles. The molecule has 3 heterocycles. The van der Waals surface area contributed by atoms with E-state index in [0.29, 0.717) is 32.3 Å². The van der Waals surface area contributed by atoms with E-state index in [1.54, 1.807) is 0 Å². The minimum atomic E-state index is -0.898. The molecule has 0 aromatic rings. The van der Waals surface area contributed by atoms with Crippen molar-refractivity contribution in [2.45, 2.75) is 74.8 Å². The van der Waals surface area contributed by atoms with Crippen LogP contribution in [0.5, 0.6) is 0 Å². The van der Waals surface area contributed by atoms with Crippen LogP contribution in [-0.4, -0.2) is 70.6 Å². The van der Waals surface area contributed by atoms with Crippen molar-refractivity contribution in [3.8, 4) is 0 Å². The third-order valence-corrected chi connectivity index (χ3v) is 4.56. The summed E-state index contributed by atoms with van der Waals surface area (Å²) in [6, 6.07) is 0. The Kier molecular flexibility index (Phi) is 4.46. The van der Waals surface area contributed by atoms with E-state index in [-0.39, 0.29) is 24.7 Å². The summed E-state index contributed by atoms with van der Waals surface area (Å²) in [5.41, 5.74) is 0. The number of aliphatic carboxylic acids is 1. The normalized spacial score (nSPS) is 47.0. The van der Waals surface area contributed by atoms with Crippen molar-refractivity contribution in [2.75, 3.05) is 6.61 Å². The molecule has 7 nitrogen and oxygen atoms in total. The molecule has 0 radical (unpaired) electrons. The van der Waals surface area contributed by atoms with Gasteiger partial charge in [-0.15, -0.1) is 0 Å². The molecular formula is C14H22O7. The number of aliphatic hydroxyl groups excluding tert-OH is 2. The molecule has 0 aliphatic carbocycles. The Bertz CT molecular complexity index is 388. The van der Waals surface area contributed by atoms with E-state index in [1.165, 1.54) is 0 Å². The largest absolute Gasteiger partial charge is 0.481 e. The lowest BCUT2D eigenvalue weighted by Gasteiger charge is -2.45. The quantitative estimate of drug-likeness (QED) is 0.656. The zero-order valence-corrected chi connectivity index (χ0v) is 11.8. The van der Waals surface area contributed by atoms with E-state index < -0.39 is 30.4 Å². The van der Waals surface area contributed by atoms with Gasteiger partial charge in [-0.25, -0.2) is 0 Å². The fourth-order valence-corrected chi connectivity index (χ4v) is 3.54. The molecule has 120 valence electrons. The van der Waals surface area contributed by atoms with E-state index >= 15 is 0 Å². The van der Waals surface area contributed by atoms with Crippen LogP contribution in [0.1, 0.15) is 32.1 Å². The van der Waals surface area contributed by atoms with E-state index in [2.05, 4.69) is 0 Å². The summed E-state index contributed by atoms with van der Waals surface area (Å²) in [5, 5.41) is 29.0. The molecule has 0 bridgehead atoms. The Morgan fingerprint density at radius 2 is 1.81 bits per heavy atom. The van der Waals surface area contributed by atoms with Crippen LogP contribution in [0.4, 0.5) is 0 Å². The van der Waals surface area contributed by atoms with E-state index in [9.17, 15) is 15.0 Å². The maximum atomic E-state index is 10.8. The zero-order valence-electron chi connectivity index (χ0n) is 11.8. The van der Waals surface area contributed by atoms with Crippen molar-refractivity contribution in [3.05, 3.63) is 0 Å². The molecule has 3 N–H and O–H groups in total. The standard InChI is InChI=1S/C14H22O7/c15-8-3-4-19-13(8)11-6-9(16)14-10(21-11)2-1-7(20-14)5-12(17)18/h7-11,13-16H,1-6H2,(H,17,18)/t7-,8?,9?,10?,11?,13?,14?/m1/s1. The first kappa shape index (κ1) is 15.2. The van der Waals surface area contributed by atoms with Gasteiger partial charge in [0.2, 0.25) is 0 Å². The minimum Gasteiger partial charge on any atom is -0.481 e. The van der Waals surface area contributed by atoms with Crippen molar-refractivity contribution >= 4 is 5.97 Å². The van der Waals surface area contributed by atoms with Crippen LogP contribution in [0.3, 0.4) is 0 Å².